The molecule has 0 aliphatic carbocycles. The van der Waals surface area contributed by atoms with Crippen LogP contribution in [0.5, 0.6) is 0 Å². The zero-order valence-corrected chi connectivity index (χ0v) is 15.6. The van der Waals surface area contributed by atoms with Gasteiger partial charge in [-0.15, -0.1) is 0 Å². The van der Waals surface area contributed by atoms with E-state index in [4.69, 9.17) is 11.6 Å². The van der Waals surface area contributed by atoms with E-state index in [1.807, 2.05) is 31.2 Å². The molecule has 1 aromatic carbocycles. The molecule has 7 heteroatoms. The van der Waals surface area contributed by atoms with Crippen LogP contribution in [-0.2, 0) is 21.2 Å². The average Bonchev–Trinajstić information content (AvgIpc) is 2.56. The summed E-state index contributed by atoms with van der Waals surface area (Å²) in [5.41, 5.74) is 1.11. The minimum Gasteiger partial charge on any atom is -0.355 e. The summed E-state index contributed by atoms with van der Waals surface area (Å²) in [7, 11) is -3.23. The topological polar surface area (TPSA) is 66.5 Å². The van der Waals surface area contributed by atoms with E-state index in [9.17, 15) is 13.2 Å². The third kappa shape index (κ3) is 5.46. The molecule has 5 nitrogen and oxygen atoms in total. The third-order valence-corrected chi connectivity index (χ3v) is 6.53. The van der Waals surface area contributed by atoms with Gasteiger partial charge in [0.05, 0.1) is 11.7 Å². The molecule has 0 unspecified atom stereocenters. The van der Waals surface area contributed by atoms with Crippen molar-refractivity contribution in [1.82, 2.24) is 9.62 Å². The molecule has 0 aromatic heterocycles. The lowest BCUT2D eigenvalue weighted by Gasteiger charge is -2.31. The minimum absolute atomic E-state index is 0.0552. The van der Waals surface area contributed by atoms with Crippen molar-refractivity contribution in [2.75, 3.05) is 25.4 Å². The summed E-state index contributed by atoms with van der Waals surface area (Å²) in [5, 5.41) is 3.62. The van der Waals surface area contributed by atoms with Gasteiger partial charge in [0.2, 0.25) is 15.9 Å². The van der Waals surface area contributed by atoms with Crippen LogP contribution in [0, 0.1) is 5.92 Å². The van der Waals surface area contributed by atoms with E-state index in [0.29, 0.717) is 31.1 Å². The molecule has 1 atom stereocenters. The highest BCUT2D eigenvalue weighted by molar-refractivity contribution is 7.89. The second kappa shape index (κ2) is 8.83. The summed E-state index contributed by atoms with van der Waals surface area (Å²) >= 11 is 5.85. The monoisotopic (exact) mass is 372 g/mol. The molecule has 1 aliphatic rings. The van der Waals surface area contributed by atoms with Crippen molar-refractivity contribution in [3.05, 3.63) is 34.9 Å². The predicted molar refractivity (Wildman–Crippen MR) is 96.5 cm³/mol. The predicted octanol–water partition coefficient (Wildman–Crippen LogP) is 2.45. The molecule has 1 N–H and O–H groups in total. The molecule has 2 rings (SSSR count). The fourth-order valence-corrected chi connectivity index (χ4v) is 4.64. The SMILES string of the molecule is CCCS(=O)(=O)N1CCC[C@@H](C(=O)NCCc2ccc(Cl)cc2)C1. The first-order chi connectivity index (χ1) is 11.4. The first-order valence-electron chi connectivity index (χ1n) is 8.42. The van der Waals surface area contributed by atoms with Crippen LogP contribution in [0.1, 0.15) is 31.7 Å². The number of nitrogens with zero attached hydrogens (tertiary/aromatic N) is 1. The Hall–Kier alpha value is -1.11. The van der Waals surface area contributed by atoms with Gasteiger partial charge in [0.1, 0.15) is 0 Å². The number of nitrogens with one attached hydrogen (secondary N) is 1. The molecular weight excluding hydrogens is 348 g/mol. The van der Waals surface area contributed by atoms with Crippen LogP contribution >= 0.6 is 11.6 Å². The fraction of sp³-hybridized carbons (Fsp3) is 0.588. The molecule has 1 aromatic rings. The second-order valence-corrected chi connectivity index (χ2v) is 8.71. The first-order valence-corrected chi connectivity index (χ1v) is 10.4. The van der Waals surface area contributed by atoms with E-state index in [0.717, 1.165) is 24.8 Å². The smallest absolute Gasteiger partial charge is 0.224 e. The number of amides is 1. The Morgan fingerprint density at radius 3 is 2.71 bits per heavy atom. The van der Waals surface area contributed by atoms with E-state index in [1.54, 1.807) is 0 Å². The lowest BCUT2D eigenvalue weighted by Crippen LogP contribution is -2.46. The molecule has 24 heavy (non-hydrogen) atoms. The number of hydrogen-bond acceptors (Lipinski definition) is 3. The van der Waals surface area contributed by atoms with Crippen molar-refractivity contribution in [2.45, 2.75) is 32.6 Å². The van der Waals surface area contributed by atoms with Crippen molar-refractivity contribution in [2.24, 2.45) is 5.92 Å². The van der Waals surface area contributed by atoms with Gasteiger partial charge in [-0.2, -0.15) is 0 Å². The third-order valence-electron chi connectivity index (χ3n) is 4.24. The van der Waals surface area contributed by atoms with Gasteiger partial charge in [-0.3, -0.25) is 4.79 Å². The first kappa shape index (κ1) is 19.2. The van der Waals surface area contributed by atoms with E-state index >= 15 is 0 Å². The van der Waals surface area contributed by atoms with Crippen molar-refractivity contribution in [1.29, 1.82) is 0 Å². The molecule has 0 bridgehead atoms. The van der Waals surface area contributed by atoms with Crippen LogP contribution in [-0.4, -0.2) is 44.0 Å². The summed E-state index contributed by atoms with van der Waals surface area (Å²) in [5.74, 6) is -0.159. The Balaban J connectivity index is 1.82. The van der Waals surface area contributed by atoms with Gasteiger partial charge in [-0.05, 0) is 43.4 Å². The number of benzene rings is 1. The second-order valence-electron chi connectivity index (χ2n) is 6.18. The van der Waals surface area contributed by atoms with Crippen molar-refractivity contribution in [3.63, 3.8) is 0 Å². The zero-order valence-electron chi connectivity index (χ0n) is 14.0. The molecule has 1 amide bonds. The molecule has 1 aliphatic heterocycles. The number of sulfonamides is 1. The maximum Gasteiger partial charge on any atom is 0.224 e. The zero-order chi connectivity index (χ0) is 17.6. The van der Waals surface area contributed by atoms with Crippen LogP contribution in [0.25, 0.3) is 0 Å². The summed E-state index contributed by atoms with van der Waals surface area (Å²) < 4.78 is 25.8. The maximum absolute atomic E-state index is 12.3. The van der Waals surface area contributed by atoms with E-state index in [2.05, 4.69) is 5.32 Å². The highest BCUT2D eigenvalue weighted by Gasteiger charge is 2.31. The van der Waals surface area contributed by atoms with Gasteiger partial charge in [0, 0.05) is 24.7 Å². The number of hydrogen-bond donors (Lipinski definition) is 1. The normalized spacial score (nSPS) is 19.2. The van der Waals surface area contributed by atoms with Gasteiger partial charge < -0.3 is 5.32 Å². The molecule has 1 fully saturated rings. The average molecular weight is 373 g/mol. The minimum atomic E-state index is -3.23. The molecular formula is C17H25ClN2O3S. The van der Waals surface area contributed by atoms with Gasteiger partial charge in [-0.1, -0.05) is 30.7 Å². The van der Waals surface area contributed by atoms with Crippen LogP contribution in [0.4, 0.5) is 0 Å². The molecule has 134 valence electrons. The summed E-state index contributed by atoms with van der Waals surface area (Å²) in [6.45, 7) is 3.22. The van der Waals surface area contributed by atoms with Crippen molar-refractivity contribution >= 4 is 27.5 Å². The van der Waals surface area contributed by atoms with E-state index < -0.39 is 10.0 Å². The van der Waals surface area contributed by atoms with E-state index in [-0.39, 0.29) is 17.6 Å². The van der Waals surface area contributed by atoms with Crippen molar-refractivity contribution in [3.8, 4) is 0 Å². The van der Waals surface area contributed by atoms with Gasteiger partial charge >= 0.3 is 0 Å². The van der Waals surface area contributed by atoms with Gasteiger partial charge in [0.15, 0.2) is 0 Å². The Labute approximate surface area is 149 Å². The van der Waals surface area contributed by atoms with Crippen LogP contribution in [0.3, 0.4) is 0 Å². The molecule has 0 spiro atoms. The standard InChI is InChI=1S/C17H25ClN2O3S/c1-2-12-24(22,23)20-11-3-4-15(13-20)17(21)19-10-9-14-5-7-16(18)8-6-14/h5-8,15H,2-4,9-13H2,1H3,(H,19,21)/t15-/m1/s1. The van der Waals surface area contributed by atoms with Gasteiger partial charge in [0.25, 0.3) is 0 Å². The maximum atomic E-state index is 12.3. The van der Waals surface area contributed by atoms with E-state index in [1.165, 1.54) is 4.31 Å². The lowest BCUT2D eigenvalue weighted by atomic mass is 9.99. The fourth-order valence-electron chi connectivity index (χ4n) is 2.92. The Morgan fingerprint density at radius 2 is 2.04 bits per heavy atom. The molecule has 1 saturated heterocycles. The quantitative estimate of drug-likeness (QED) is 0.799. The Bertz CT molecular complexity index is 646. The van der Waals surface area contributed by atoms with Crippen molar-refractivity contribution < 1.29 is 13.2 Å². The molecule has 0 saturated carbocycles. The number of carbonyl (C=O) groups is 1. The number of halogens is 1. The molecule has 1 heterocycles. The highest BCUT2D eigenvalue weighted by Crippen LogP contribution is 2.20. The largest absolute Gasteiger partial charge is 0.355 e. The summed E-state index contributed by atoms with van der Waals surface area (Å²) in [4.78, 5) is 12.3. The van der Waals surface area contributed by atoms with Gasteiger partial charge in [-0.25, -0.2) is 12.7 Å². The van der Waals surface area contributed by atoms with Crippen LogP contribution < -0.4 is 5.32 Å². The Kier molecular flexibility index (Phi) is 7.07. The van der Waals surface area contributed by atoms with Crippen LogP contribution in [0.15, 0.2) is 24.3 Å². The summed E-state index contributed by atoms with van der Waals surface area (Å²) in [6.07, 6.45) is 2.80. The Morgan fingerprint density at radius 1 is 1.33 bits per heavy atom. The highest BCUT2D eigenvalue weighted by atomic mass is 35.5. The number of carbonyl (C=O) groups excluding carboxylic acids is 1. The summed E-state index contributed by atoms with van der Waals surface area (Å²) in [6, 6.07) is 7.54. The lowest BCUT2D eigenvalue weighted by molar-refractivity contribution is -0.126. The molecule has 0 radical (unpaired) electrons. The van der Waals surface area contributed by atoms with Crippen LogP contribution in [0.2, 0.25) is 5.02 Å². The number of rotatable bonds is 7. The number of piperidine rings is 1.